The van der Waals surface area contributed by atoms with Crippen molar-refractivity contribution in [2.45, 2.75) is 6.10 Å². The minimum Gasteiger partial charge on any atom is -0.390 e. The van der Waals surface area contributed by atoms with Gasteiger partial charge in [0.25, 0.3) is 10.1 Å². The van der Waals surface area contributed by atoms with Gasteiger partial charge in [-0.2, -0.15) is 8.42 Å². The van der Waals surface area contributed by atoms with Gasteiger partial charge in [0, 0.05) is 0 Å². The van der Waals surface area contributed by atoms with Gasteiger partial charge in [-0.3, -0.25) is 4.55 Å². The highest BCUT2D eigenvalue weighted by Crippen LogP contribution is 1.91. The van der Waals surface area contributed by atoms with Crippen LogP contribution in [0.1, 0.15) is 0 Å². The van der Waals surface area contributed by atoms with Crippen LogP contribution in [0.4, 0.5) is 0 Å². The highest BCUT2D eigenvalue weighted by molar-refractivity contribution is 7.85. The lowest BCUT2D eigenvalue weighted by atomic mass is 10.4. The summed E-state index contributed by atoms with van der Waals surface area (Å²) in [4.78, 5) is 0. The van der Waals surface area contributed by atoms with Crippen molar-refractivity contribution < 1.29 is 22.8 Å². The molecule has 0 aromatic heterocycles. The van der Waals surface area contributed by atoms with E-state index in [4.69, 9.17) is 16.1 Å². The summed E-state index contributed by atoms with van der Waals surface area (Å²) in [5.74, 6) is 1.40. The van der Waals surface area contributed by atoms with E-state index in [9.17, 15) is 8.42 Å². The highest BCUT2D eigenvalue weighted by Gasteiger charge is 2.13. The SMILES string of the molecule is C#CCOCC(O)CS(=O)(=O)O. The number of aliphatic hydroxyl groups excluding tert-OH is 1. The Balaban J connectivity index is 3.62. The van der Waals surface area contributed by atoms with Crippen LogP contribution in [0.15, 0.2) is 0 Å². The maximum Gasteiger partial charge on any atom is 0.267 e. The van der Waals surface area contributed by atoms with E-state index in [1.807, 2.05) is 0 Å². The van der Waals surface area contributed by atoms with Crippen molar-refractivity contribution in [3.8, 4) is 12.3 Å². The Hall–Kier alpha value is -0.610. The van der Waals surface area contributed by atoms with Gasteiger partial charge in [0.15, 0.2) is 0 Å². The smallest absolute Gasteiger partial charge is 0.267 e. The molecule has 70 valence electrons. The summed E-state index contributed by atoms with van der Waals surface area (Å²) < 4.78 is 33.2. The minimum absolute atomic E-state index is 0.00252. The molecular formula is C6H10O5S. The molecule has 0 aliphatic carbocycles. The quantitative estimate of drug-likeness (QED) is 0.329. The Morgan fingerprint density at radius 3 is 2.58 bits per heavy atom. The second-order valence-electron chi connectivity index (χ2n) is 2.12. The van der Waals surface area contributed by atoms with Gasteiger partial charge in [0.1, 0.15) is 12.4 Å². The summed E-state index contributed by atoms with van der Waals surface area (Å²) in [6, 6.07) is 0. The monoisotopic (exact) mass is 194 g/mol. The molecule has 12 heavy (non-hydrogen) atoms. The molecule has 0 aliphatic rings. The van der Waals surface area contributed by atoms with E-state index in [2.05, 4.69) is 10.7 Å². The molecule has 0 fully saturated rings. The van der Waals surface area contributed by atoms with E-state index in [0.717, 1.165) is 0 Å². The molecule has 1 atom stereocenters. The molecule has 5 nitrogen and oxygen atoms in total. The largest absolute Gasteiger partial charge is 0.390 e. The van der Waals surface area contributed by atoms with E-state index in [0.29, 0.717) is 0 Å². The van der Waals surface area contributed by atoms with E-state index in [-0.39, 0.29) is 13.2 Å². The average molecular weight is 194 g/mol. The van der Waals surface area contributed by atoms with Crippen LogP contribution in [0.25, 0.3) is 0 Å². The van der Waals surface area contributed by atoms with Crippen molar-refractivity contribution >= 4 is 10.1 Å². The van der Waals surface area contributed by atoms with Gasteiger partial charge in [-0.1, -0.05) is 5.92 Å². The first-order valence-corrected chi connectivity index (χ1v) is 4.71. The number of hydrogen-bond donors (Lipinski definition) is 2. The van der Waals surface area contributed by atoms with Gasteiger partial charge in [-0.15, -0.1) is 6.42 Å². The fraction of sp³-hybridized carbons (Fsp3) is 0.667. The number of hydrogen-bond acceptors (Lipinski definition) is 4. The number of ether oxygens (including phenoxy) is 1. The lowest BCUT2D eigenvalue weighted by molar-refractivity contribution is 0.0630. The van der Waals surface area contributed by atoms with E-state index in [1.54, 1.807) is 0 Å². The van der Waals surface area contributed by atoms with Crippen LogP contribution in [0.5, 0.6) is 0 Å². The summed E-state index contributed by atoms with van der Waals surface area (Å²) in [6.07, 6.45) is 3.58. The molecule has 0 aliphatic heterocycles. The Morgan fingerprint density at radius 2 is 2.17 bits per heavy atom. The third kappa shape index (κ3) is 7.50. The Kier molecular flexibility index (Phi) is 4.85. The van der Waals surface area contributed by atoms with Gasteiger partial charge >= 0.3 is 0 Å². The number of aliphatic hydroxyl groups is 1. The molecule has 0 amide bonds. The van der Waals surface area contributed by atoms with Crippen molar-refractivity contribution in [3.05, 3.63) is 0 Å². The molecule has 0 saturated carbocycles. The van der Waals surface area contributed by atoms with Crippen LogP contribution in [0.3, 0.4) is 0 Å². The standard InChI is InChI=1S/C6H10O5S/c1-2-3-11-4-6(7)5-12(8,9)10/h1,6-7H,3-5H2,(H,8,9,10). The molecule has 0 saturated heterocycles. The van der Waals surface area contributed by atoms with E-state index in [1.165, 1.54) is 0 Å². The molecule has 0 spiro atoms. The second-order valence-corrected chi connectivity index (χ2v) is 3.62. The molecule has 2 N–H and O–H groups in total. The lowest BCUT2D eigenvalue weighted by Crippen LogP contribution is -2.25. The fourth-order valence-electron chi connectivity index (χ4n) is 0.545. The van der Waals surface area contributed by atoms with E-state index < -0.39 is 22.0 Å². The third-order valence-electron chi connectivity index (χ3n) is 0.899. The molecule has 1 unspecified atom stereocenters. The summed E-state index contributed by atoms with van der Waals surface area (Å²) in [6.45, 7) is -0.202. The summed E-state index contributed by atoms with van der Waals surface area (Å²) >= 11 is 0. The first-order chi connectivity index (χ1) is 5.45. The Bertz CT molecular complexity index is 250. The number of terminal acetylenes is 1. The summed E-state index contributed by atoms with van der Waals surface area (Å²) in [5, 5.41) is 8.88. The predicted molar refractivity (Wildman–Crippen MR) is 42.1 cm³/mol. The van der Waals surface area contributed by atoms with E-state index >= 15 is 0 Å². The third-order valence-corrected chi connectivity index (χ3v) is 1.70. The van der Waals surface area contributed by atoms with Crippen LogP contribution >= 0.6 is 0 Å². The first-order valence-electron chi connectivity index (χ1n) is 3.10. The summed E-state index contributed by atoms with van der Waals surface area (Å²) in [7, 11) is -4.14. The van der Waals surface area contributed by atoms with Gasteiger partial charge < -0.3 is 9.84 Å². The Morgan fingerprint density at radius 1 is 1.58 bits per heavy atom. The highest BCUT2D eigenvalue weighted by atomic mass is 32.2. The maximum atomic E-state index is 10.2. The van der Waals surface area contributed by atoms with Crippen molar-refractivity contribution in [3.63, 3.8) is 0 Å². The van der Waals surface area contributed by atoms with Gasteiger partial charge in [-0.05, 0) is 0 Å². The Labute approximate surface area is 71.1 Å². The molecule has 0 aromatic rings. The molecule has 0 heterocycles. The van der Waals surface area contributed by atoms with Crippen molar-refractivity contribution in [2.24, 2.45) is 0 Å². The van der Waals surface area contributed by atoms with Crippen LogP contribution < -0.4 is 0 Å². The zero-order valence-electron chi connectivity index (χ0n) is 6.30. The minimum atomic E-state index is -4.14. The van der Waals surface area contributed by atoms with Gasteiger partial charge in [0.2, 0.25) is 0 Å². The topological polar surface area (TPSA) is 83.8 Å². The van der Waals surface area contributed by atoms with Crippen molar-refractivity contribution in [1.29, 1.82) is 0 Å². The van der Waals surface area contributed by atoms with Gasteiger partial charge in [0.05, 0.1) is 12.7 Å². The zero-order valence-corrected chi connectivity index (χ0v) is 7.12. The predicted octanol–water partition coefficient (Wildman–Crippen LogP) is -1.12. The molecule has 0 rings (SSSR count). The zero-order chi connectivity index (χ0) is 9.61. The van der Waals surface area contributed by atoms with Crippen molar-refractivity contribution in [2.75, 3.05) is 19.0 Å². The van der Waals surface area contributed by atoms with Crippen LogP contribution in [0.2, 0.25) is 0 Å². The van der Waals surface area contributed by atoms with Crippen LogP contribution in [-0.2, 0) is 14.9 Å². The number of rotatable bonds is 5. The van der Waals surface area contributed by atoms with Gasteiger partial charge in [-0.25, -0.2) is 0 Å². The normalized spacial score (nSPS) is 13.8. The van der Waals surface area contributed by atoms with Crippen molar-refractivity contribution in [1.82, 2.24) is 0 Å². The molecule has 0 bridgehead atoms. The first kappa shape index (κ1) is 11.4. The maximum absolute atomic E-state index is 10.2. The molecular weight excluding hydrogens is 184 g/mol. The molecule has 6 heteroatoms. The summed E-state index contributed by atoms with van der Waals surface area (Å²) in [5.41, 5.74) is 0. The molecule has 0 radical (unpaired) electrons. The fourth-order valence-corrected chi connectivity index (χ4v) is 1.13. The second kappa shape index (κ2) is 5.11. The van der Waals surface area contributed by atoms with Crippen LogP contribution in [0, 0.1) is 12.3 Å². The molecule has 0 aromatic carbocycles. The average Bonchev–Trinajstić information content (AvgIpc) is 1.84. The van der Waals surface area contributed by atoms with Crippen LogP contribution in [-0.4, -0.2) is 43.1 Å². The lowest BCUT2D eigenvalue weighted by Gasteiger charge is -2.06.